The lowest BCUT2D eigenvalue weighted by molar-refractivity contribution is 0.0524. The van der Waals surface area contributed by atoms with Gasteiger partial charge in [0, 0.05) is 22.6 Å². The van der Waals surface area contributed by atoms with Gasteiger partial charge in [-0.15, -0.1) is 0 Å². The average molecular weight is 319 g/mol. The number of nitrogens with two attached hydrogens (primary N) is 1. The number of hydrogen-bond acceptors (Lipinski definition) is 3. The van der Waals surface area contributed by atoms with E-state index in [1.165, 1.54) is 0 Å². The van der Waals surface area contributed by atoms with Crippen LogP contribution in [0.5, 0.6) is 0 Å². The summed E-state index contributed by atoms with van der Waals surface area (Å²) < 4.78 is 5.13. The van der Waals surface area contributed by atoms with Crippen molar-refractivity contribution in [2.24, 2.45) is 5.73 Å². The van der Waals surface area contributed by atoms with Crippen LogP contribution in [-0.4, -0.2) is 24.3 Å². The highest BCUT2D eigenvalue weighted by atomic mass is 35.5. The first-order chi connectivity index (χ1) is 9.19. The van der Waals surface area contributed by atoms with Gasteiger partial charge in [0.25, 0.3) is 0 Å². The van der Waals surface area contributed by atoms with E-state index >= 15 is 0 Å². The second kappa shape index (κ2) is 7.16. The molecule has 0 spiro atoms. The largest absolute Gasteiger partial charge is 0.444 e. The minimum atomic E-state index is -0.528. The third-order valence-corrected chi connectivity index (χ3v) is 3.14. The van der Waals surface area contributed by atoms with Gasteiger partial charge in [0.2, 0.25) is 0 Å². The Kier molecular flexibility index (Phi) is 6.11. The van der Waals surface area contributed by atoms with Crippen molar-refractivity contribution in [3.05, 3.63) is 33.8 Å². The van der Waals surface area contributed by atoms with Crippen molar-refractivity contribution in [2.45, 2.75) is 38.8 Å². The van der Waals surface area contributed by atoms with Gasteiger partial charge < -0.3 is 15.8 Å². The maximum atomic E-state index is 11.5. The first kappa shape index (κ1) is 17.1. The Bertz CT molecular complexity index is 452. The van der Waals surface area contributed by atoms with Crippen molar-refractivity contribution in [3.63, 3.8) is 0 Å². The quantitative estimate of drug-likeness (QED) is 0.894. The molecule has 0 aromatic heterocycles. The number of carbonyl (C=O) groups is 1. The summed E-state index contributed by atoms with van der Waals surface area (Å²) in [4.78, 5) is 11.5. The summed E-state index contributed by atoms with van der Waals surface area (Å²) in [5.74, 6) is 0. The number of hydrogen-bond donors (Lipinski definition) is 2. The summed E-state index contributed by atoms with van der Waals surface area (Å²) in [6, 6.07) is 5.01. The number of nitrogens with one attached hydrogen (secondary N) is 1. The fourth-order valence-corrected chi connectivity index (χ4v) is 2.14. The fraction of sp³-hybridized carbons (Fsp3) is 0.500. The highest BCUT2D eigenvalue weighted by Crippen LogP contribution is 2.25. The third-order valence-electron chi connectivity index (χ3n) is 2.44. The minimum Gasteiger partial charge on any atom is -0.444 e. The van der Waals surface area contributed by atoms with E-state index in [2.05, 4.69) is 5.32 Å². The molecule has 1 rings (SSSR count). The SMILES string of the molecule is CC(C)(C)OC(=O)NCC(N)Cc1c(Cl)cccc1Cl. The first-order valence-electron chi connectivity index (χ1n) is 6.34. The van der Waals surface area contributed by atoms with Gasteiger partial charge in [0.05, 0.1) is 0 Å². The van der Waals surface area contributed by atoms with E-state index in [-0.39, 0.29) is 12.6 Å². The second-order valence-corrected chi connectivity index (χ2v) is 6.36. The Morgan fingerprint density at radius 1 is 1.35 bits per heavy atom. The lowest BCUT2D eigenvalue weighted by Gasteiger charge is -2.21. The molecule has 1 atom stereocenters. The number of amides is 1. The van der Waals surface area contributed by atoms with Crippen LogP contribution in [0.1, 0.15) is 26.3 Å². The maximum Gasteiger partial charge on any atom is 0.407 e. The Morgan fingerprint density at radius 3 is 2.40 bits per heavy atom. The summed E-state index contributed by atoms with van der Waals surface area (Å²) in [6.07, 6.45) is -0.00731. The van der Waals surface area contributed by atoms with E-state index in [0.29, 0.717) is 16.5 Å². The predicted molar refractivity (Wildman–Crippen MR) is 82.4 cm³/mol. The van der Waals surface area contributed by atoms with Crippen LogP contribution in [0, 0.1) is 0 Å². The Morgan fingerprint density at radius 2 is 1.90 bits per heavy atom. The predicted octanol–water partition coefficient (Wildman–Crippen LogP) is 3.39. The molecule has 20 heavy (non-hydrogen) atoms. The van der Waals surface area contributed by atoms with E-state index in [4.69, 9.17) is 33.7 Å². The first-order valence-corrected chi connectivity index (χ1v) is 7.10. The molecular weight excluding hydrogens is 299 g/mol. The molecule has 0 saturated carbocycles. The summed E-state index contributed by atoms with van der Waals surface area (Å²) in [5, 5.41) is 3.77. The summed E-state index contributed by atoms with van der Waals surface area (Å²) in [7, 11) is 0. The van der Waals surface area contributed by atoms with Crippen molar-refractivity contribution in [2.75, 3.05) is 6.54 Å². The molecule has 0 saturated heterocycles. The normalized spacial score (nSPS) is 12.9. The number of ether oxygens (including phenoxy) is 1. The summed E-state index contributed by atoms with van der Waals surface area (Å²) in [5.41, 5.74) is 6.23. The zero-order valence-corrected chi connectivity index (χ0v) is 13.4. The van der Waals surface area contributed by atoms with Gasteiger partial charge in [0.15, 0.2) is 0 Å². The molecule has 0 aliphatic rings. The molecule has 0 aliphatic heterocycles. The molecular formula is C14H20Cl2N2O2. The number of halogens is 2. The third kappa shape index (κ3) is 5.99. The molecule has 0 aliphatic carbocycles. The van der Waals surface area contributed by atoms with Crippen molar-refractivity contribution in [3.8, 4) is 0 Å². The highest BCUT2D eigenvalue weighted by Gasteiger charge is 2.17. The zero-order chi connectivity index (χ0) is 15.3. The van der Waals surface area contributed by atoms with Crippen LogP contribution in [0.4, 0.5) is 4.79 Å². The molecule has 1 amide bonds. The average Bonchev–Trinajstić information content (AvgIpc) is 2.29. The molecule has 1 aromatic carbocycles. The van der Waals surface area contributed by atoms with Crippen molar-refractivity contribution in [1.29, 1.82) is 0 Å². The van der Waals surface area contributed by atoms with E-state index in [1.54, 1.807) is 39.0 Å². The van der Waals surface area contributed by atoms with Crippen molar-refractivity contribution >= 4 is 29.3 Å². The van der Waals surface area contributed by atoms with Gasteiger partial charge in [-0.3, -0.25) is 0 Å². The number of carbonyl (C=O) groups excluding carboxylic acids is 1. The summed E-state index contributed by atoms with van der Waals surface area (Å²) in [6.45, 7) is 5.69. The van der Waals surface area contributed by atoms with Gasteiger partial charge in [-0.1, -0.05) is 29.3 Å². The monoisotopic (exact) mass is 318 g/mol. The molecule has 6 heteroatoms. The van der Waals surface area contributed by atoms with Crippen LogP contribution in [0.25, 0.3) is 0 Å². The maximum absolute atomic E-state index is 11.5. The number of alkyl carbamates (subject to hydrolysis) is 1. The molecule has 0 heterocycles. The lowest BCUT2D eigenvalue weighted by Crippen LogP contribution is -2.41. The fourth-order valence-electron chi connectivity index (χ4n) is 1.59. The Hall–Kier alpha value is -0.970. The second-order valence-electron chi connectivity index (χ2n) is 5.55. The smallest absolute Gasteiger partial charge is 0.407 e. The van der Waals surface area contributed by atoms with Gasteiger partial charge in [-0.05, 0) is 44.9 Å². The molecule has 3 N–H and O–H groups in total. The minimum absolute atomic E-state index is 0.288. The lowest BCUT2D eigenvalue weighted by atomic mass is 10.1. The van der Waals surface area contributed by atoms with Crippen LogP contribution in [0.2, 0.25) is 10.0 Å². The summed E-state index contributed by atoms with van der Waals surface area (Å²) >= 11 is 12.1. The van der Waals surface area contributed by atoms with Crippen molar-refractivity contribution in [1.82, 2.24) is 5.32 Å². The molecule has 112 valence electrons. The topological polar surface area (TPSA) is 64.3 Å². The van der Waals surface area contributed by atoms with Crippen molar-refractivity contribution < 1.29 is 9.53 Å². The van der Waals surface area contributed by atoms with Gasteiger partial charge in [-0.25, -0.2) is 4.79 Å². The number of benzene rings is 1. The van der Waals surface area contributed by atoms with Crippen LogP contribution in [-0.2, 0) is 11.2 Å². The van der Waals surface area contributed by atoms with Crippen LogP contribution < -0.4 is 11.1 Å². The molecule has 1 aromatic rings. The standard InChI is InChI=1S/C14H20Cl2N2O2/c1-14(2,3)20-13(19)18-8-9(17)7-10-11(15)5-4-6-12(10)16/h4-6,9H,7-8,17H2,1-3H3,(H,18,19). The highest BCUT2D eigenvalue weighted by molar-refractivity contribution is 6.36. The van der Waals surface area contributed by atoms with E-state index in [0.717, 1.165) is 5.56 Å². The molecule has 1 unspecified atom stereocenters. The molecule has 4 nitrogen and oxygen atoms in total. The molecule has 0 bridgehead atoms. The van der Waals surface area contributed by atoms with Crippen LogP contribution >= 0.6 is 23.2 Å². The molecule has 0 fully saturated rings. The zero-order valence-electron chi connectivity index (χ0n) is 11.9. The van der Waals surface area contributed by atoms with E-state index in [1.807, 2.05) is 0 Å². The Balaban J connectivity index is 2.48. The van der Waals surface area contributed by atoms with Crippen LogP contribution in [0.15, 0.2) is 18.2 Å². The Labute approximate surface area is 129 Å². The van der Waals surface area contributed by atoms with Gasteiger partial charge in [-0.2, -0.15) is 0 Å². The molecule has 0 radical (unpaired) electrons. The number of rotatable bonds is 4. The van der Waals surface area contributed by atoms with E-state index in [9.17, 15) is 4.79 Å². The van der Waals surface area contributed by atoms with Crippen LogP contribution in [0.3, 0.4) is 0 Å². The van der Waals surface area contributed by atoms with E-state index < -0.39 is 11.7 Å². The van der Waals surface area contributed by atoms with Gasteiger partial charge in [0.1, 0.15) is 5.60 Å². The van der Waals surface area contributed by atoms with Gasteiger partial charge >= 0.3 is 6.09 Å².